The second-order valence-electron chi connectivity index (χ2n) is 7.71. The van der Waals surface area contributed by atoms with E-state index in [1.54, 1.807) is 6.07 Å². The molecule has 1 saturated carbocycles. The van der Waals surface area contributed by atoms with Crippen molar-refractivity contribution in [1.82, 2.24) is 10.6 Å². The Morgan fingerprint density at radius 3 is 2.59 bits per heavy atom. The van der Waals surface area contributed by atoms with Crippen LogP contribution >= 0.6 is 11.8 Å². The molecular formula is C23H30N2O3S. The Labute approximate surface area is 177 Å². The van der Waals surface area contributed by atoms with E-state index < -0.39 is 0 Å². The molecule has 0 aliphatic heterocycles. The Kier molecular flexibility index (Phi) is 7.81. The lowest BCUT2D eigenvalue weighted by atomic mass is 9.89. The lowest BCUT2D eigenvalue weighted by Gasteiger charge is -2.21. The first kappa shape index (κ1) is 21.5. The van der Waals surface area contributed by atoms with Gasteiger partial charge in [-0.3, -0.25) is 9.59 Å². The van der Waals surface area contributed by atoms with Gasteiger partial charge in [0, 0.05) is 23.5 Å². The number of aryl methyl sites for hydroxylation is 2. The molecule has 1 aliphatic carbocycles. The van der Waals surface area contributed by atoms with Crippen molar-refractivity contribution in [2.75, 3.05) is 12.3 Å². The van der Waals surface area contributed by atoms with Gasteiger partial charge < -0.3 is 15.1 Å². The second kappa shape index (κ2) is 10.5. The van der Waals surface area contributed by atoms with Gasteiger partial charge in [-0.2, -0.15) is 0 Å². The van der Waals surface area contributed by atoms with Crippen molar-refractivity contribution in [3.8, 4) is 0 Å². The van der Waals surface area contributed by atoms with Gasteiger partial charge in [0.05, 0.1) is 11.3 Å². The number of carbonyl (C=O) groups is 2. The summed E-state index contributed by atoms with van der Waals surface area (Å²) in [4.78, 5) is 25.7. The van der Waals surface area contributed by atoms with Crippen LogP contribution in [0.4, 0.5) is 0 Å². The lowest BCUT2D eigenvalue weighted by Crippen LogP contribution is -2.31. The Morgan fingerprint density at radius 1 is 1.10 bits per heavy atom. The number of carbonyl (C=O) groups excluding carboxylic acids is 2. The largest absolute Gasteiger partial charge is 0.466 e. The molecule has 1 aliphatic rings. The van der Waals surface area contributed by atoms with Gasteiger partial charge in [-0.1, -0.05) is 31.4 Å². The summed E-state index contributed by atoms with van der Waals surface area (Å²) in [6.07, 6.45) is 6.29. The summed E-state index contributed by atoms with van der Waals surface area (Å²) >= 11 is 1.41. The van der Waals surface area contributed by atoms with Gasteiger partial charge in [0.1, 0.15) is 11.5 Å². The first-order valence-corrected chi connectivity index (χ1v) is 11.3. The monoisotopic (exact) mass is 414 g/mol. The van der Waals surface area contributed by atoms with Gasteiger partial charge >= 0.3 is 0 Å². The van der Waals surface area contributed by atoms with E-state index in [1.807, 2.05) is 38.1 Å². The predicted molar refractivity (Wildman–Crippen MR) is 116 cm³/mol. The van der Waals surface area contributed by atoms with Crippen LogP contribution in [0, 0.1) is 19.8 Å². The van der Waals surface area contributed by atoms with Gasteiger partial charge in [0.25, 0.3) is 5.91 Å². The molecule has 156 valence electrons. The van der Waals surface area contributed by atoms with Crippen LogP contribution in [0.25, 0.3) is 0 Å². The Bertz CT molecular complexity index is 840. The van der Waals surface area contributed by atoms with Crippen LogP contribution in [-0.4, -0.2) is 24.1 Å². The number of thioether (sulfide) groups is 1. The van der Waals surface area contributed by atoms with Gasteiger partial charge in [-0.05, 0) is 50.8 Å². The van der Waals surface area contributed by atoms with E-state index in [0.29, 0.717) is 23.8 Å². The fourth-order valence-corrected chi connectivity index (χ4v) is 4.63. The zero-order valence-corrected chi connectivity index (χ0v) is 18.1. The van der Waals surface area contributed by atoms with Gasteiger partial charge in [0.15, 0.2) is 0 Å². The number of benzene rings is 1. The van der Waals surface area contributed by atoms with Crippen molar-refractivity contribution in [2.45, 2.75) is 57.4 Å². The molecule has 29 heavy (non-hydrogen) atoms. The Morgan fingerprint density at radius 2 is 1.86 bits per heavy atom. The normalized spacial score (nSPS) is 14.6. The van der Waals surface area contributed by atoms with Crippen LogP contribution in [0.15, 0.2) is 39.6 Å². The van der Waals surface area contributed by atoms with Crippen molar-refractivity contribution in [3.05, 3.63) is 53.0 Å². The molecular weight excluding hydrogens is 384 g/mol. The first-order chi connectivity index (χ1) is 14.0. The third kappa shape index (κ3) is 6.39. The number of hydrogen-bond donors (Lipinski definition) is 2. The molecule has 0 unspecified atom stereocenters. The van der Waals surface area contributed by atoms with Crippen molar-refractivity contribution in [1.29, 1.82) is 0 Å². The average molecular weight is 415 g/mol. The molecule has 1 heterocycles. The van der Waals surface area contributed by atoms with Crippen LogP contribution in [-0.2, 0) is 11.3 Å². The van der Waals surface area contributed by atoms with Crippen LogP contribution in [0.1, 0.15) is 59.5 Å². The summed E-state index contributed by atoms with van der Waals surface area (Å²) in [6, 6.07) is 9.36. The number of hydrogen-bond acceptors (Lipinski definition) is 4. The quantitative estimate of drug-likeness (QED) is 0.619. The summed E-state index contributed by atoms with van der Waals surface area (Å²) in [7, 11) is 0. The summed E-state index contributed by atoms with van der Waals surface area (Å²) in [6.45, 7) is 4.97. The zero-order chi connectivity index (χ0) is 20.6. The summed E-state index contributed by atoms with van der Waals surface area (Å²) in [5.41, 5.74) is 1.57. The third-order valence-corrected chi connectivity index (χ3v) is 6.46. The van der Waals surface area contributed by atoms with E-state index in [9.17, 15) is 9.59 Å². The van der Waals surface area contributed by atoms with Crippen LogP contribution in [0.2, 0.25) is 0 Å². The fourth-order valence-electron chi connectivity index (χ4n) is 3.75. The highest BCUT2D eigenvalue weighted by Gasteiger charge is 2.16. The zero-order valence-electron chi connectivity index (χ0n) is 17.3. The number of rotatable bonds is 8. The molecule has 0 spiro atoms. The van der Waals surface area contributed by atoms with Crippen molar-refractivity contribution in [2.24, 2.45) is 5.92 Å². The molecule has 3 rings (SSSR count). The molecule has 1 fully saturated rings. The molecule has 0 saturated heterocycles. The van der Waals surface area contributed by atoms with Crippen LogP contribution in [0.5, 0.6) is 0 Å². The molecule has 0 radical (unpaired) electrons. The highest BCUT2D eigenvalue weighted by Crippen LogP contribution is 2.24. The third-order valence-electron chi connectivity index (χ3n) is 5.39. The molecule has 2 amide bonds. The van der Waals surface area contributed by atoms with Gasteiger partial charge in [-0.15, -0.1) is 11.8 Å². The highest BCUT2D eigenvalue weighted by atomic mass is 32.2. The standard InChI is InChI=1S/C23H30N2O3S/c1-16-12-19(17(2)28-16)14-25-23(27)20-10-6-7-11-21(20)29-15-22(26)24-13-18-8-4-3-5-9-18/h6-7,10-12,18H,3-5,8-9,13-15H2,1-2H3,(H,24,26)(H,25,27). The minimum absolute atomic E-state index is 0.0280. The maximum atomic E-state index is 12.7. The number of nitrogens with one attached hydrogen (secondary N) is 2. The number of furan rings is 1. The smallest absolute Gasteiger partial charge is 0.252 e. The number of amides is 2. The van der Waals surface area contributed by atoms with Crippen molar-refractivity contribution < 1.29 is 14.0 Å². The minimum Gasteiger partial charge on any atom is -0.466 e. The highest BCUT2D eigenvalue weighted by molar-refractivity contribution is 8.00. The minimum atomic E-state index is -0.144. The average Bonchev–Trinajstić information content (AvgIpc) is 3.06. The molecule has 1 aromatic heterocycles. The van der Waals surface area contributed by atoms with E-state index in [-0.39, 0.29) is 11.8 Å². The van der Waals surface area contributed by atoms with E-state index in [4.69, 9.17) is 4.42 Å². The SMILES string of the molecule is Cc1cc(CNC(=O)c2ccccc2SCC(=O)NCC2CCCCC2)c(C)o1. The van der Waals surface area contributed by atoms with E-state index in [0.717, 1.165) is 28.5 Å². The van der Waals surface area contributed by atoms with Crippen LogP contribution < -0.4 is 10.6 Å². The first-order valence-electron chi connectivity index (χ1n) is 10.4. The summed E-state index contributed by atoms with van der Waals surface area (Å²) in [5, 5.41) is 6.01. The van der Waals surface area contributed by atoms with Crippen molar-refractivity contribution >= 4 is 23.6 Å². The van der Waals surface area contributed by atoms with E-state index in [1.165, 1.54) is 43.9 Å². The predicted octanol–water partition coefficient (Wildman–Crippen LogP) is 4.62. The van der Waals surface area contributed by atoms with Crippen LogP contribution in [0.3, 0.4) is 0 Å². The van der Waals surface area contributed by atoms with Crippen molar-refractivity contribution in [3.63, 3.8) is 0 Å². The molecule has 0 bridgehead atoms. The molecule has 2 aromatic rings. The fraction of sp³-hybridized carbons (Fsp3) is 0.478. The molecule has 6 heteroatoms. The second-order valence-corrected chi connectivity index (χ2v) is 8.73. The summed E-state index contributed by atoms with van der Waals surface area (Å²) in [5.74, 6) is 2.47. The summed E-state index contributed by atoms with van der Waals surface area (Å²) < 4.78 is 5.51. The maximum Gasteiger partial charge on any atom is 0.252 e. The van der Waals surface area contributed by atoms with Gasteiger partial charge in [-0.25, -0.2) is 0 Å². The molecule has 0 atom stereocenters. The Balaban J connectivity index is 1.50. The Hall–Kier alpha value is -2.21. The van der Waals surface area contributed by atoms with E-state index in [2.05, 4.69) is 10.6 Å². The van der Waals surface area contributed by atoms with E-state index >= 15 is 0 Å². The molecule has 2 N–H and O–H groups in total. The molecule has 1 aromatic carbocycles. The topological polar surface area (TPSA) is 71.3 Å². The van der Waals surface area contributed by atoms with Gasteiger partial charge in [0.2, 0.25) is 5.91 Å². The lowest BCUT2D eigenvalue weighted by molar-refractivity contribution is -0.118. The maximum absolute atomic E-state index is 12.7. The molecule has 5 nitrogen and oxygen atoms in total.